The molecule has 5 heteroatoms. The summed E-state index contributed by atoms with van der Waals surface area (Å²) in [6, 6.07) is 3.86. The van der Waals surface area contributed by atoms with Gasteiger partial charge in [0.2, 0.25) is 5.91 Å². The fourth-order valence-corrected chi connectivity index (χ4v) is 3.47. The Hall–Kier alpha value is -0.580. The lowest BCUT2D eigenvalue weighted by molar-refractivity contribution is -0.134. The van der Waals surface area contributed by atoms with Crippen LogP contribution >= 0.6 is 22.9 Å². The fourth-order valence-electron chi connectivity index (χ4n) is 2.33. The van der Waals surface area contributed by atoms with Crippen molar-refractivity contribution in [1.82, 2.24) is 4.90 Å². The molecule has 1 aliphatic carbocycles. The van der Waals surface area contributed by atoms with Crippen LogP contribution in [-0.2, 0) is 11.3 Å². The number of nitrogens with zero attached hydrogens (tertiary/aromatic N) is 1. The van der Waals surface area contributed by atoms with Crippen molar-refractivity contribution < 1.29 is 4.79 Å². The van der Waals surface area contributed by atoms with Crippen molar-refractivity contribution in [3.63, 3.8) is 0 Å². The molecule has 0 unspecified atom stereocenters. The lowest BCUT2D eigenvalue weighted by Gasteiger charge is -2.22. The number of hydrogen-bond acceptors (Lipinski definition) is 3. The first-order chi connectivity index (χ1) is 8.08. The van der Waals surface area contributed by atoms with Gasteiger partial charge in [0.25, 0.3) is 0 Å². The Labute approximate surface area is 111 Å². The standard InChI is InChI=1S/C12H17ClN2OS/c1-15(7-8-5-6-11(13)17-8)12(16)9-3-2-4-10(9)14/h5-6,9-10H,2-4,7,14H2,1H3/t9-,10+/m1/s1. The van der Waals surface area contributed by atoms with Gasteiger partial charge in [-0.05, 0) is 25.0 Å². The minimum atomic E-state index is 0.00966. The van der Waals surface area contributed by atoms with Crippen LogP contribution < -0.4 is 5.73 Å². The Kier molecular flexibility index (Phi) is 4.07. The first-order valence-corrected chi connectivity index (χ1v) is 7.02. The van der Waals surface area contributed by atoms with Crippen LogP contribution in [-0.4, -0.2) is 23.9 Å². The molecule has 0 aliphatic heterocycles. The number of nitrogens with two attached hydrogens (primary N) is 1. The molecule has 1 aliphatic rings. The van der Waals surface area contributed by atoms with Gasteiger partial charge in [0.15, 0.2) is 0 Å². The lowest BCUT2D eigenvalue weighted by atomic mass is 10.0. The predicted molar refractivity (Wildman–Crippen MR) is 71.1 cm³/mol. The maximum Gasteiger partial charge on any atom is 0.227 e. The van der Waals surface area contributed by atoms with Gasteiger partial charge in [-0.25, -0.2) is 0 Å². The predicted octanol–water partition coefficient (Wildman–Crippen LogP) is 2.49. The van der Waals surface area contributed by atoms with E-state index in [-0.39, 0.29) is 17.9 Å². The van der Waals surface area contributed by atoms with Crippen LogP contribution in [0.2, 0.25) is 4.34 Å². The number of halogens is 1. The molecule has 2 rings (SSSR count). The van der Waals surface area contributed by atoms with Crippen molar-refractivity contribution in [3.05, 3.63) is 21.3 Å². The monoisotopic (exact) mass is 272 g/mol. The van der Waals surface area contributed by atoms with Crippen molar-refractivity contribution in [2.75, 3.05) is 7.05 Å². The molecule has 1 fully saturated rings. The van der Waals surface area contributed by atoms with Gasteiger partial charge in [-0.15, -0.1) is 11.3 Å². The smallest absolute Gasteiger partial charge is 0.227 e. The quantitative estimate of drug-likeness (QED) is 0.919. The van der Waals surface area contributed by atoms with Gasteiger partial charge in [-0.3, -0.25) is 4.79 Å². The Morgan fingerprint density at radius 1 is 1.59 bits per heavy atom. The molecule has 2 atom stereocenters. The Bertz CT molecular complexity index is 407. The van der Waals surface area contributed by atoms with E-state index in [2.05, 4.69) is 0 Å². The van der Waals surface area contributed by atoms with E-state index in [1.54, 1.807) is 4.90 Å². The Morgan fingerprint density at radius 3 is 2.88 bits per heavy atom. The molecule has 17 heavy (non-hydrogen) atoms. The lowest BCUT2D eigenvalue weighted by Crippen LogP contribution is -2.39. The van der Waals surface area contributed by atoms with Crippen LogP contribution in [0.4, 0.5) is 0 Å². The second kappa shape index (κ2) is 5.38. The Morgan fingerprint density at radius 2 is 2.35 bits per heavy atom. The second-order valence-electron chi connectivity index (χ2n) is 4.60. The zero-order chi connectivity index (χ0) is 12.4. The molecule has 0 spiro atoms. The third kappa shape index (κ3) is 3.00. The molecule has 0 radical (unpaired) electrons. The Balaban J connectivity index is 1.95. The first kappa shape index (κ1) is 12.9. The summed E-state index contributed by atoms with van der Waals surface area (Å²) in [6.45, 7) is 0.624. The molecule has 3 nitrogen and oxygen atoms in total. The first-order valence-electron chi connectivity index (χ1n) is 5.82. The normalized spacial score (nSPS) is 23.9. The molecule has 2 N–H and O–H groups in total. The maximum atomic E-state index is 12.2. The molecular formula is C12H17ClN2OS. The molecule has 94 valence electrons. The van der Waals surface area contributed by atoms with Crippen molar-refractivity contribution in [3.8, 4) is 0 Å². The van der Waals surface area contributed by atoms with Gasteiger partial charge in [0.05, 0.1) is 16.8 Å². The van der Waals surface area contributed by atoms with E-state index >= 15 is 0 Å². The summed E-state index contributed by atoms with van der Waals surface area (Å²) in [6.07, 6.45) is 2.96. The SMILES string of the molecule is CN(Cc1ccc(Cl)s1)C(=O)[C@@H]1CCC[C@@H]1N. The average Bonchev–Trinajstić information content (AvgIpc) is 2.86. The zero-order valence-corrected chi connectivity index (χ0v) is 11.4. The van der Waals surface area contributed by atoms with Crippen molar-refractivity contribution in [2.45, 2.75) is 31.8 Å². The number of hydrogen-bond donors (Lipinski definition) is 1. The molecule has 1 amide bonds. The van der Waals surface area contributed by atoms with E-state index in [1.165, 1.54) is 11.3 Å². The highest BCUT2D eigenvalue weighted by Crippen LogP contribution is 2.27. The minimum absolute atomic E-state index is 0.00966. The van der Waals surface area contributed by atoms with E-state index in [1.807, 2.05) is 19.2 Å². The van der Waals surface area contributed by atoms with Crippen LogP contribution in [0.25, 0.3) is 0 Å². The van der Waals surface area contributed by atoms with Crippen molar-refractivity contribution in [1.29, 1.82) is 0 Å². The van der Waals surface area contributed by atoms with Crippen LogP contribution in [0.3, 0.4) is 0 Å². The molecule has 0 saturated heterocycles. The van der Waals surface area contributed by atoms with Crippen molar-refractivity contribution in [2.24, 2.45) is 11.7 Å². The fraction of sp³-hybridized carbons (Fsp3) is 0.583. The van der Waals surface area contributed by atoms with E-state index in [0.29, 0.717) is 6.54 Å². The summed E-state index contributed by atoms with van der Waals surface area (Å²) in [5, 5.41) is 0. The van der Waals surface area contributed by atoms with Gasteiger partial charge >= 0.3 is 0 Å². The highest BCUT2D eigenvalue weighted by Gasteiger charge is 2.32. The van der Waals surface area contributed by atoms with E-state index < -0.39 is 0 Å². The summed E-state index contributed by atoms with van der Waals surface area (Å²) in [4.78, 5) is 15.1. The van der Waals surface area contributed by atoms with Gasteiger partial charge in [-0.1, -0.05) is 18.0 Å². The van der Waals surface area contributed by atoms with E-state index in [4.69, 9.17) is 17.3 Å². The van der Waals surface area contributed by atoms with E-state index in [0.717, 1.165) is 28.5 Å². The average molecular weight is 273 g/mol. The van der Waals surface area contributed by atoms with Crippen molar-refractivity contribution >= 4 is 28.8 Å². The number of carbonyl (C=O) groups is 1. The zero-order valence-electron chi connectivity index (χ0n) is 9.86. The third-order valence-corrected chi connectivity index (χ3v) is 4.50. The number of carbonyl (C=O) groups excluding carboxylic acids is 1. The van der Waals surface area contributed by atoms with Gasteiger partial charge < -0.3 is 10.6 Å². The number of amides is 1. The third-order valence-electron chi connectivity index (χ3n) is 3.28. The van der Waals surface area contributed by atoms with Crippen LogP contribution in [0.15, 0.2) is 12.1 Å². The molecule has 1 heterocycles. The van der Waals surface area contributed by atoms with Gasteiger partial charge in [-0.2, -0.15) is 0 Å². The maximum absolute atomic E-state index is 12.2. The van der Waals surface area contributed by atoms with E-state index in [9.17, 15) is 4.79 Å². The van der Waals surface area contributed by atoms with Crippen LogP contribution in [0.5, 0.6) is 0 Å². The summed E-state index contributed by atoms with van der Waals surface area (Å²) in [7, 11) is 1.83. The largest absolute Gasteiger partial charge is 0.340 e. The van der Waals surface area contributed by atoms with Crippen LogP contribution in [0.1, 0.15) is 24.1 Å². The highest BCUT2D eigenvalue weighted by atomic mass is 35.5. The number of thiophene rings is 1. The molecule has 0 bridgehead atoms. The molecule has 0 aromatic carbocycles. The summed E-state index contributed by atoms with van der Waals surface area (Å²) < 4.78 is 0.762. The minimum Gasteiger partial charge on any atom is -0.340 e. The second-order valence-corrected chi connectivity index (χ2v) is 6.40. The van der Waals surface area contributed by atoms with Crippen LogP contribution in [0, 0.1) is 5.92 Å². The summed E-state index contributed by atoms with van der Waals surface area (Å²) >= 11 is 7.39. The molecule has 1 aromatic heterocycles. The highest BCUT2D eigenvalue weighted by molar-refractivity contribution is 7.16. The molecule has 1 aromatic rings. The van der Waals surface area contributed by atoms with Gasteiger partial charge in [0.1, 0.15) is 0 Å². The summed E-state index contributed by atoms with van der Waals surface area (Å²) in [5.41, 5.74) is 5.95. The molecular weight excluding hydrogens is 256 g/mol. The topological polar surface area (TPSA) is 46.3 Å². The number of rotatable bonds is 3. The summed E-state index contributed by atoms with van der Waals surface area (Å²) in [5.74, 6) is 0.176. The molecule has 1 saturated carbocycles. The van der Waals surface area contributed by atoms with Gasteiger partial charge in [0, 0.05) is 18.0 Å².